The SMILES string of the molecule is Cc1cccc(F)c1NC(C)c1cccc(Cl)c1. The zero-order chi connectivity index (χ0) is 13.1. The second kappa shape index (κ2) is 5.40. The van der Waals surface area contributed by atoms with E-state index >= 15 is 0 Å². The highest BCUT2D eigenvalue weighted by molar-refractivity contribution is 6.30. The van der Waals surface area contributed by atoms with Crippen molar-refractivity contribution in [3.63, 3.8) is 0 Å². The molecule has 3 heteroatoms. The minimum absolute atomic E-state index is 0.000648. The van der Waals surface area contributed by atoms with E-state index in [1.807, 2.05) is 44.2 Å². The van der Waals surface area contributed by atoms with Crippen LogP contribution in [-0.4, -0.2) is 0 Å². The van der Waals surface area contributed by atoms with Gasteiger partial charge in [0.25, 0.3) is 0 Å². The third-order valence-electron chi connectivity index (χ3n) is 2.93. The summed E-state index contributed by atoms with van der Waals surface area (Å²) in [6.45, 7) is 3.87. The van der Waals surface area contributed by atoms with E-state index in [9.17, 15) is 4.39 Å². The molecular formula is C15H15ClFN. The summed E-state index contributed by atoms with van der Waals surface area (Å²) in [7, 11) is 0. The van der Waals surface area contributed by atoms with Gasteiger partial charge in [-0.15, -0.1) is 0 Å². The van der Waals surface area contributed by atoms with Gasteiger partial charge in [0.05, 0.1) is 5.69 Å². The van der Waals surface area contributed by atoms with Crippen LogP contribution in [-0.2, 0) is 0 Å². The molecule has 2 aromatic carbocycles. The minimum Gasteiger partial charge on any atom is -0.376 e. The summed E-state index contributed by atoms with van der Waals surface area (Å²) in [5, 5.41) is 3.87. The van der Waals surface area contributed by atoms with E-state index in [1.54, 1.807) is 6.07 Å². The molecule has 2 aromatic rings. The smallest absolute Gasteiger partial charge is 0.146 e. The molecule has 1 nitrogen and oxygen atoms in total. The van der Waals surface area contributed by atoms with Gasteiger partial charge in [0.1, 0.15) is 5.82 Å². The zero-order valence-corrected chi connectivity index (χ0v) is 11.1. The van der Waals surface area contributed by atoms with Crippen LogP contribution in [0.1, 0.15) is 24.1 Å². The normalized spacial score (nSPS) is 12.2. The fourth-order valence-electron chi connectivity index (χ4n) is 1.89. The lowest BCUT2D eigenvalue weighted by Gasteiger charge is -2.18. The summed E-state index contributed by atoms with van der Waals surface area (Å²) in [6.07, 6.45) is 0. The number of anilines is 1. The highest BCUT2D eigenvalue weighted by Gasteiger charge is 2.10. The van der Waals surface area contributed by atoms with Crippen molar-refractivity contribution in [1.29, 1.82) is 0 Å². The second-order valence-electron chi connectivity index (χ2n) is 4.35. The number of rotatable bonds is 3. The van der Waals surface area contributed by atoms with Crippen LogP contribution in [0, 0.1) is 12.7 Å². The van der Waals surface area contributed by atoms with Gasteiger partial charge in [-0.2, -0.15) is 0 Å². The number of nitrogens with one attached hydrogen (secondary N) is 1. The lowest BCUT2D eigenvalue weighted by Crippen LogP contribution is -2.09. The van der Waals surface area contributed by atoms with E-state index in [1.165, 1.54) is 6.07 Å². The van der Waals surface area contributed by atoms with Crippen LogP contribution in [0.15, 0.2) is 42.5 Å². The third-order valence-corrected chi connectivity index (χ3v) is 3.17. The summed E-state index contributed by atoms with van der Waals surface area (Å²) >= 11 is 5.95. The summed E-state index contributed by atoms with van der Waals surface area (Å²) < 4.78 is 13.7. The quantitative estimate of drug-likeness (QED) is 0.825. The average molecular weight is 264 g/mol. The molecule has 1 N–H and O–H groups in total. The Morgan fingerprint density at radius 1 is 1.17 bits per heavy atom. The molecule has 0 heterocycles. The Hall–Kier alpha value is -1.54. The van der Waals surface area contributed by atoms with E-state index in [4.69, 9.17) is 11.6 Å². The summed E-state index contributed by atoms with van der Waals surface area (Å²) in [4.78, 5) is 0. The van der Waals surface area contributed by atoms with Crippen molar-refractivity contribution in [2.24, 2.45) is 0 Å². The number of aryl methyl sites for hydroxylation is 1. The number of para-hydroxylation sites is 1. The highest BCUT2D eigenvalue weighted by Crippen LogP contribution is 2.25. The summed E-state index contributed by atoms with van der Waals surface area (Å²) in [5.41, 5.74) is 2.47. The van der Waals surface area contributed by atoms with Crippen LogP contribution in [0.2, 0.25) is 5.02 Å². The van der Waals surface area contributed by atoms with Crippen LogP contribution in [0.3, 0.4) is 0 Å². The van der Waals surface area contributed by atoms with Crippen molar-refractivity contribution in [3.8, 4) is 0 Å². The molecule has 2 rings (SSSR count). The van der Waals surface area contributed by atoms with Crippen molar-refractivity contribution >= 4 is 17.3 Å². The monoisotopic (exact) mass is 263 g/mol. The molecule has 0 radical (unpaired) electrons. The first-order valence-corrected chi connectivity index (χ1v) is 6.23. The van der Waals surface area contributed by atoms with Crippen molar-refractivity contribution in [1.82, 2.24) is 0 Å². The maximum Gasteiger partial charge on any atom is 0.146 e. The van der Waals surface area contributed by atoms with Crippen LogP contribution >= 0.6 is 11.6 Å². The van der Waals surface area contributed by atoms with Crippen LogP contribution < -0.4 is 5.32 Å². The Kier molecular flexibility index (Phi) is 3.87. The maximum absolute atomic E-state index is 13.7. The van der Waals surface area contributed by atoms with Crippen molar-refractivity contribution in [2.75, 3.05) is 5.32 Å². The third kappa shape index (κ3) is 2.82. The molecule has 0 aliphatic heterocycles. The molecule has 0 amide bonds. The van der Waals surface area contributed by atoms with Gasteiger partial charge in [-0.1, -0.05) is 35.9 Å². The Labute approximate surface area is 112 Å². The van der Waals surface area contributed by atoms with E-state index in [-0.39, 0.29) is 11.9 Å². The molecule has 0 aliphatic carbocycles. The maximum atomic E-state index is 13.7. The van der Waals surface area contributed by atoms with Crippen LogP contribution in [0.25, 0.3) is 0 Å². The van der Waals surface area contributed by atoms with E-state index in [0.29, 0.717) is 10.7 Å². The first-order valence-electron chi connectivity index (χ1n) is 5.85. The molecule has 0 saturated heterocycles. The Bertz CT molecular complexity index is 534. The lowest BCUT2D eigenvalue weighted by molar-refractivity contribution is 0.626. The molecule has 0 spiro atoms. The fourth-order valence-corrected chi connectivity index (χ4v) is 2.09. The van der Waals surface area contributed by atoms with E-state index < -0.39 is 0 Å². The highest BCUT2D eigenvalue weighted by atomic mass is 35.5. The molecule has 1 unspecified atom stereocenters. The Morgan fingerprint density at radius 2 is 1.89 bits per heavy atom. The molecule has 18 heavy (non-hydrogen) atoms. The van der Waals surface area contributed by atoms with Crippen LogP contribution in [0.4, 0.5) is 10.1 Å². The second-order valence-corrected chi connectivity index (χ2v) is 4.79. The molecule has 0 bridgehead atoms. The minimum atomic E-state index is -0.233. The Balaban J connectivity index is 2.24. The van der Waals surface area contributed by atoms with Gasteiger partial charge in [-0.05, 0) is 43.2 Å². The van der Waals surface area contributed by atoms with Gasteiger partial charge >= 0.3 is 0 Å². The van der Waals surface area contributed by atoms with Crippen molar-refractivity contribution in [3.05, 3.63) is 64.4 Å². The average Bonchev–Trinajstić information content (AvgIpc) is 2.34. The number of benzene rings is 2. The largest absolute Gasteiger partial charge is 0.376 e. The fraction of sp³-hybridized carbons (Fsp3) is 0.200. The van der Waals surface area contributed by atoms with Gasteiger partial charge in [0, 0.05) is 11.1 Å². The van der Waals surface area contributed by atoms with Gasteiger partial charge in [-0.25, -0.2) is 4.39 Å². The molecule has 0 fully saturated rings. The zero-order valence-electron chi connectivity index (χ0n) is 10.4. The summed E-state index contributed by atoms with van der Waals surface area (Å²) in [5.74, 6) is -0.233. The van der Waals surface area contributed by atoms with E-state index in [0.717, 1.165) is 11.1 Å². The molecule has 0 saturated carbocycles. The van der Waals surface area contributed by atoms with Gasteiger partial charge in [0.15, 0.2) is 0 Å². The predicted octanol–water partition coefficient (Wildman–Crippen LogP) is 4.96. The molecule has 0 aromatic heterocycles. The van der Waals surface area contributed by atoms with Gasteiger partial charge in [0.2, 0.25) is 0 Å². The van der Waals surface area contributed by atoms with E-state index in [2.05, 4.69) is 5.32 Å². The first-order chi connectivity index (χ1) is 8.58. The topological polar surface area (TPSA) is 12.0 Å². The molecule has 94 valence electrons. The number of halogens is 2. The van der Waals surface area contributed by atoms with Gasteiger partial charge < -0.3 is 5.32 Å². The molecular weight excluding hydrogens is 249 g/mol. The number of hydrogen-bond donors (Lipinski definition) is 1. The Morgan fingerprint density at radius 3 is 2.56 bits per heavy atom. The van der Waals surface area contributed by atoms with Crippen LogP contribution in [0.5, 0.6) is 0 Å². The van der Waals surface area contributed by atoms with Crippen molar-refractivity contribution in [2.45, 2.75) is 19.9 Å². The first kappa shape index (κ1) is 12.9. The van der Waals surface area contributed by atoms with Crippen molar-refractivity contribution < 1.29 is 4.39 Å². The molecule has 1 atom stereocenters. The predicted molar refractivity (Wildman–Crippen MR) is 74.6 cm³/mol. The molecule has 0 aliphatic rings. The summed E-state index contributed by atoms with van der Waals surface area (Å²) in [6, 6.07) is 12.6. The standard InChI is InChI=1S/C15H15ClFN/c1-10-5-3-8-14(17)15(10)18-11(2)12-6-4-7-13(16)9-12/h3-9,11,18H,1-2H3. The number of hydrogen-bond acceptors (Lipinski definition) is 1. The van der Waals surface area contributed by atoms with Gasteiger partial charge in [-0.3, -0.25) is 0 Å². The lowest BCUT2D eigenvalue weighted by atomic mass is 10.1.